The summed E-state index contributed by atoms with van der Waals surface area (Å²) in [6.45, 7) is 0.450. The van der Waals surface area contributed by atoms with Gasteiger partial charge in [0.1, 0.15) is 0 Å². The lowest BCUT2D eigenvalue weighted by atomic mass is 10.1. The van der Waals surface area contributed by atoms with Crippen molar-refractivity contribution < 1.29 is 18.4 Å². The average molecular weight is 375 g/mol. The SMILES string of the molecule is COCc1cccc(C(=O)Nc2cccc(-c3nnc(-c4ccco4)o3)c2)c1. The first-order chi connectivity index (χ1) is 13.7. The summed E-state index contributed by atoms with van der Waals surface area (Å²) in [5.41, 5.74) is 2.80. The summed E-state index contributed by atoms with van der Waals surface area (Å²) in [5.74, 6) is 0.921. The molecular formula is C21H17N3O4. The number of carbonyl (C=O) groups excluding carboxylic acids is 1. The Morgan fingerprint density at radius 2 is 1.89 bits per heavy atom. The third-order valence-electron chi connectivity index (χ3n) is 4.02. The van der Waals surface area contributed by atoms with Crippen LogP contribution < -0.4 is 5.32 Å². The maximum atomic E-state index is 12.6. The molecule has 0 unspecified atom stereocenters. The normalized spacial score (nSPS) is 10.8. The first kappa shape index (κ1) is 17.7. The van der Waals surface area contributed by atoms with E-state index in [9.17, 15) is 4.79 Å². The van der Waals surface area contributed by atoms with Crippen LogP contribution in [0.5, 0.6) is 0 Å². The molecule has 140 valence electrons. The van der Waals surface area contributed by atoms with Crippen molar-refractivity contribution in [3.05, 3.63) is 78.1 Å². The van der Waals surface area contributed by atoms with E-state index in [1.165, 1.54) is 6.26 Å². The van der Waals surface area contributed by atoms with Crippen LogP contribution in [0.25, 0.3) is 23.1 Å². The Hall–Kier alpha value is -3.71. The molecule has 0 fully saturated rings. The zero-order valence-corrected chi connectivity index (χ0v) is 15.1. The smallest absolute Gasteiger partial charge is 0.283 e. The number of amides is 1. The molecule has 4 rings (SSSR count). The highest BCUT2D eigenvalue weighted by atomic mass is 16.5. The maximum absolute atomic E-state index is 12.6. The van der Waals surface area contributed by atoms with E-state index in [-0.39, 0.29) is 5.91 Å². The third kappa shape index (κ3) is 3.84. The Morgan fingerprint density at radius 3 is 2.71 bits per heavy atom. The third-order valence-corrected chi connectivity index (χ3v) is 4.02. The molecule has 0 saturated heterocycles. The number of furan rings is 1. The van der Waals surface area contributed by atoms with Crippen LogP contribution in [0.4, 0.5) is 5.69 Å². The number of aromatic nitrogens is 2. The van der Waals surface area contributed by atoms with Crippen molar-refractivity contribution in [3.8, 4) is 23.1 Å². The number of rotatable bonds is 6. The van der Waals surface area contributed by atoms with Gasteiger partial charge < -0.3 is 18.9 Å². The fourth-order valence-electron chi connectivity index (χ4n) is 2.74. The van der Waals surface area contributed by atoms with Crippen molar-refractivity contribution in [2.24, 2.45) is 0 Å². The lowest BCUT2D eigenvalue weighted by molar-refractivity contribution is 0.102. The van der Waals surface area contributed by atoms with Gasteiger partial charge in [-0.2, -0.15) is 0 Å². The molecule has 2 heterocycles. The highest BCUT2D eigenvalue weighted by Crippen LogP contribution is 2.26. The van der Waals surface area contributed by atoms with Gasteiger partial charge in [0.25, 0.3) is 11.8 Å². The summed E-state index contributed by atoms with van der Waals surface area (Å²) >= 11 is 0. The molecule has 7 nitrogen and oxygen atoms in total. The van der Waals surface area contributed by atoms with Gasteiger partial charge in [0.05, 0.1) is 12.9 Å². The van der Waals surface area contributed by atoms with Crippen LogP contribution in [-0.2, 0) is 11.3 Å². The van der Waals surface area contributed by atoms with E-state index >= 15 is 0 Å². The number of methoxy groups -OCH3 is 1. The van der Waals surface area contributed by atoms with E-state index in [1.54, 1.807) is 43.5 Å². The molecule has 0 bridgehead atoms. The van der Waals surface area contributed by atoms with Crippen LogP contribution in [-0.4, -0.2) is 23.2 Å². The van der Waals surface area contributed by atoms with Crippen molar-refractivity contribution >= 4 is 11.6 Å². The van der Waals surface area contributed by atoms with Gasteiger partial charge in [-0.15, -0.1) is 10.2 Å². The first-order valence-electron chi connectivity index (χ1n) is 8.60. The number of hydrogen-bond acceptors (Lipinski definition) is 6. The molecule has 0 atom stereocenters. The second-order valence-corrected chi connectivity index (χ2v) is 6.06. The summed E-state index contributed by atoms with van der Waals surface area (Å²) < 4.78 is 16.0. The summed E-state index contributed by atoms with van der Waals surface area (Å²) in [4.78, 5) is 12.6. The van der Waals surface area contributed by atoms with Gasteiger partial charge in [0.2, 0.25) is 5.89 Å². The Kier molecular flexibility index (Phi) is 4.99. The molecule has 0 aliphatic rings. The van der Waals surface area contributed by atoms with Crippen molar-refractivity contribution in [2.75, 3.05) is 12.4 Å². The summed E-state index contributed by atoms with van der Waals surface area (Å²) in [7, 11) is 1.62. The van der Waals surface area contributed by atoms with Crippen LogP contribution in [0.3, 0.4) is 0 Å². The van der Waals surface area contributed by atoms with Gasteiger partial charge in [-0.3, -0.25) is 4.79 Å². The van der Waals surface area contributed by atoms with Crippen LogP contribution in [0.15, 0.2) is 75.8 Å². The highest BCUT2D eigenvalue weighted by molar-refractivity contribution is 6.04. The van der Waals surface area contributed by atoms with Crippen LogP contribution in [0.1, 0.15) is 15.9 Å². The molecule has 1 amide bonds. The van der Waals surface area contributed by atoms with E-state index < -0.39 is 0 Å². The van der Waals surface area contributed by atoms with Crippen molar-refractivity contribution in [2.45, 2.75) is 6.61 Å². The zero-order chi connectivity index (χ0) is 19.3. The van der Waals surface area contributed by atoms with Crippen molar-refractivity contribution in [3.63, 3.8) is 0 Å². The zero-order valence-electron chi connectivity index (χ0n) is 15.1. The minimum atomic E-state index is -0.211. The second kappa shape index (κ2) is 7.89. The predicted octanol–water partition coefficient (Wildman–Crippen LogP) is 4.40. The van der Waals surface area contributed by atoms with E-state index in [1.807, 2.05) is 24.3 Å². The van der Waals surface area contributed by atoms with Crippen LogP contribution >= 0.6 is 0 Å². The van der Waals surface area contributed by atoms with E-state index in [2.05, 4.69) is 15.5 Å². The summed E-state index contributed by atoms with van der Waals surface area (Å²) in [6.07, 6.45) is 1.54. The molecule has 4 aromatic rings. The molecule has 1 N–H and O–H groups in total. The van der Waals surface area contributed by atoms with Gasteiger partial charge in [-0.1, -0.05) is 18.2 Å². The van der Waals surface area contributed by atoms with E-state index in [4.69, 9.17) is 13.6 Å². The first-order valence-corrected chi connectivity index (χ1v) is 8.60. The van der Waals surface area contributed by atoms with Crippen molar-refractivity contribution in [1.82, 2.24) is 10.2 Å². The number of nitrogens with zero attached hydrogens (tertiary/aromatic N) is 2. The van der Waals surface area contributed by atoms with Gasteiger partial charge in [-0.05, 0) is 48.0 Å². The largest absolute Gasteiger partial charge is 0.459 e. The Morgan fingerprint density at radius 1 is 1.04 bits per heavy atom. The lowest BCUT2D eigenvalue weighted by Gasteiger charge is -2.07. The fraction of sp³-hybridized carbons (Fsp3) is 0.0952. The monoisotopic (exact) mass is 375 g/mol. The number of nitrogens with one attached hydrogen (secondary N) is 1. The van der Waals surface area contributed by atoms with Gasteiger partial charge in [-0.25, -0.2) is 0 Å². The van der Waals surface area contributed by atoms with Gasteiger partial charge >= 0.3 is 0 Å². The lowest BCUT2D eigenvalue weighted by Crippen LogP contribution is -2.12. The number of ether oxygens (including phenoxy) is 1. The van der Waals surface area contributed by atoms with E-state index in [0.29, 0.717) is 41.0 Å². The van der Waals surface area contributed by atoms with Crippen LogP contribution in [0, 0.1) is 0 Å². The highest BCUT2D eigenvalue weighted by Gasteiger charge is 2.13. The molecule has 7 heteroatoms. The number of anilines is 1. The number of hydrogen-bond donors (Lipinski definition) is 1. The quantitative estimate of drug-likeness (QED) is 0.537. The summed E-state index contributed by atoms with van der Waals surface area (Å²) in [5, 5.41) is 10.9. The molecule has 28 heavy (non-hydrogen) atoms. The molecule has 0 aliphatic carbocycles. The minimum Gasteiger partial charge on any atom is -0.459 e. The Balaban J connectivity index is 1.53. The Labute approximate surface area is 161 Å². The predicted molar refractivity (Wildman–Crippen MR) is 103 cm³/mol. The standard InChI is InChI=1S/C21H17N3O4/c1-26-13-14-5-2-6-15(11-14)19(25)22-17-8-3-7-16(12-17)20-23-24-21(28-20)18-9-4-10-27-18/h2-12H,13H2,1H3,(H,22,25). The minimum absolute atomic E-state index is 0.211. The maximum Gasteiger partial charge on any atom is 0.283 e. The molecule has 0 spiro atoms. The average Bonchev–Trinajstić information content (AvgIpc) is 3.40. The molecule has 0 saturated carbocycles. The molecule has 0 radical (unpaired) electrons. The topological polar surface area (TPSA) is 90.4 Å². The number of benzene rings is 2. The molecule has 0 aliphatic heterocycles. The summed E-state index contributed by atoms with van der Waals surface area (Å²) in [6, 6.07) is 18.0. The molecule has 2 aromatic heterocycles. The fourth-order valence-corrected chi connectivity index (χ4v) is 2.74. The van der Waals surface area contributed by atoms with Gasteiger partial charge in [0, 0.05) is 23.9 Å². The second-order valence-electron chi connectivity index (χ2n) is 6.06. The molecule has 2 aromatic carbocycles. The van der Waals surface area contributed by atoms with Gasteiger partial charge in [0.15, 0.2) is 5.76 Å². The Bertz CT molecular complexity index is 1090. The number of carbonyl (C=O) groups is 1. The van der Waals surface area contributed by atoms with Crippen molar-refractivity contribution in [1.29, 1.82) is 0 Å². The van der Waals surface area contributed by atoms with E-state index in [0.717, 1.165) is 5.56 Å². The molecular weight excluding hydrogens is 358 g/mol. The van der Waals surface area contributed by atoms with Crippen LogP contribution in [0.2, 0.25) is 0 Å².